The number of hydrogen-bond donors (Lipinski definition) is 3. The molecule has 0 saturated carbocycles. The van der Waals surface area contributed by atoms with Crippen molar-refractivity contribution in [1.29, 1.82) is 5.41 Å². The maximum atomic E-state index is 12.9. The SMILES string of the molecule is CCCCCCCCCCCCCCCCCC(=O)OC[C@H](COP(=O)(O)OCCNC(=O)OCCOOOOOOOOOOOOOOOOOOOOOOOOOOOOOOOOOOOOOOOOOOOOCC=N)OC(=O)CCCCCCCCCCCCCCCCC. The number of hydrogen-bond acceptors (Lipinski definition) is 54. The predicted molar refractivity (Wildman–Crippen MR) is 287 cm³/mol. The van der Waals surface area contributed by atoms with Gasteiger partial charge in [0.25, 0.3) is 0 Å². The van der Waals surface area contributed by atoms with E-state index in [-0.39, 0.29) is 26.0 Å². The zero-order valence-electron chi connectivity index (χ0n) is 55.8. The highest BCUT2D eigenvalue weighted by Crippen LogP contribution is 2.43. The lowest BCUT2D eigenvalue weighted by Crippen LogP contribution is -2.30. The molecule has 2 atom stereocenters. The van der Waals surface area contributed by atoms with Crippen LogP contribution < -0.4 is 5.32 Å². The first-order valence-electron chi connectivity index (χ1n) is 31.3. The lowest BCUT2D eigenvalue weighted by Gasteiger charge is -2.20. The summed E-state index contributed by atoms with van der Waals surface area (Å²) < 4.78 is 38.4. The average Bonchev–Trinajstić information content (AvgIpc) is 0.953. The molecule has 0 fully saturated rings. The molecule has 0 aliphatic rings. The van der Waals surface area contributed by atoms with Crippen LogP contribution in [0.15, 0.2) is 0 Å². The number of ether oxygens (including phenoxy) is 3. The molecule has 0 aromatic rings. The molecular weight excluding hydrogens is 1480 g/mol. The van der Waals surface area contributed by atoms with Crippen LogP contribution in [0.1, 0.15) is 219 Å². The van der Waals surface area contributed by atoms with Crippen LogP contribution >= 0.6 is 7.82 Å². The van der Waals surface area contributed by atoms with Crippen molar-refractivity contribution in [3.63, 3.8) is 0 Å². The smallest absolute Gasteiger partial charge is 0.462 e. The summed E-state index contributed by atoms with van der Waals surface area (Å²) in [6.45, 7) is 1.43. The fraction of sp³-hybridized carbons (Fsp3) is 0.913. The minimum absolute atomic E-state index is 0.109. The van der Waals surface area contributed by atoms with Crippen LogP contribution in [0.2, 0.25) is 0 Å². The molecule has 1 amide bonds. The van der Waals surface area contributed by atoms with E-state index < -0.39 is 65.0 Å². The summed E-state index contributed by atoms with van der Waals surface area (Å²) in [6.07, 6.45) is 34.2. The van der Waals surface area contributed by atoms with Gasteiger partial charge in [0.2, 0.25) is 0 Å². The number of nitrogens with one attached hydrogen (secondary N) is 2. The highest BCUT2D eigenvalue weighted by Gasteiger charge is 2.26. The minimum atomic E-state index is -4.77. The molecule has 0 aromatic carbocycles. The summed E-state index contributed by atoms with van der Waals surface area (Å²) in [5.74, 6) is -1.06. The van der Waals surface area contributed by atoms with E-state index in [0.29, 0.717) is 12.8 Å². The van der Waals surface area contributed by atoms with Gasteiger partial charge in [0.05, 0.1) is 13.2 Å². The number of carbonyl (C=O) groups excluding carboxylic acids is 3. The van der Waals surface area contributed by atoms with Crippen molar-refractivity contribution in [2.24, 2.45) is 0 Å². The van der Waals surface area contributed by atoms with Crippen molar-refractivity contribution < 1.29 is 268 Å². The van der Waals surface area contributed by atoms with Gasteiger partial charge in [-0.15, -0.1) is 0 Å². The maximum Gasteiger partial charge on any atom is 0.472 e. The van der Waals surface area contributed by atoms with Gasteiger partial charge in [0, 0.05) is 157 Å². The molecule has 0 radical (unpaired) electrons. The van der Waals surface area contributed by atoms with E-state index in [1.807, 2.05) is 0 Å². The Hall–Kier alpha value is -3.77. The molecule has 612 valence electrons. The first-order chi connectivity index (χ1) is 50.7. The van der Waals surface area contributed by atoms with Crippen molar-refractivity contribution >= 4 is 32.1 Å². The normalized spacial score (nSPS) is 12.5. The minimum Gasteiger partial charge on any atom is -0.462 e. The molecule has 0 saturated heterocycles. The van der Waals surface area contributed by atoms with Gasteiger partial charge in [-0.05, 0) is 93.5 Å². The fourth-order valence-electron chi connectivity index (χ4n) is 7.24. The van der Waals surface area contributed by atoms with E-state index in [1.165, 1.54) is 135 Å². The number of esters is 2. The van der Waals surface area contributed by atoms with E-state index in [2.05, 4.69) is 241 Å². The van der Waals surface area contributed by atoms with Gasteiger partial charge in [-0.1, -0.05) is 194 Å². The number of phosphoric acid groups is 1. The number of carbonyl (C=O) groups is 3. The molecule has 0 aliphatic carbocycles. The Kier molecular flexibility index (Phi) is 82.4. The maximum absolute atomic E-state index is 12.9. The summed E-state index contributed by atoms with van der Waals surface area (Å²) in [6, 6.07) is 0. The van der Waals surface area contributed by atoms with Crippen molar-refractivity contribution in [2.75, 3.05) is 46.2 Å². The number of alkyl carbamates (subject to hydrolysis) is 1. The van der Waals surface area contributed by atoms with Gasteiger partial charge in [-0.3, -0.25) is 18.6 Å². The van der Waals surface area contributed by atoms with E-state index in [4.69, 9.17) is 28.7 Å². The summed E-state index contributed by atoms with van der Waals surface area (Å²) in [5.41, 5.74) is 0. The van der Waals surface area contributed by atoms with E-state index in [1.54, 1.807) is 0 Å². The lowest BCUT2D eigenvalue weighted by molar-refractivity contribution is -0.909. The zero-order valence-corrected chi connectivity index (χ0v) is 56.7. The quantitative estimate of drug-likeness (QED) is 0.00969. The van der Waals surface area contributed by atoms with E-state index >= 15 is 0 Å². The fourth-order valence-corrected chi connectivity index (χ4v) is 7.99. The number of amides is 1. The van der Waals surface area contributed by atoms with E-state index in [0.717, 1.165) is 51.2 Å². The Bertz CT molecular complexity index is 1810. The van der Waals surface area contributed by atoms with Crippen LogP contribution in [0.3, 0.4) is 0 Å². The molecule has 3 N–H and O–H groups in total. The topological polar surface area (TPSA) is 577 Å². The van der Waals surface area contributed by atoms with Crippen LogP contribution in [0.25, 0.3) is 0 Å². The monoisotopic (exact) mass is 1560 g/mol. The summed E-state index contributed by atoms with van der Waals surface area (Å²) >= 11 is 0. The van der Waals surface area contributed by atoms with Crippen molar-refractivity contribution in [3.05, 3.63) is 0 Å². The second-order valence-electron chi connectivity index (χ2n) is 19.0. The molecule has 56 nitrogen and oxygen atoms in total. The molecule has 103 heavy (non-hydrogen) atoms. The van der Waals surface area contributed by atoms with Crippen LogP contribution in [0, 0.1) is 5.41 Å². The molecule has 0 aromatic heterocycles. The van der Waals surface area contributed by atoms with Crippen molar-refractivity contribution in [1.82, 2.24) is 5.32 Å². The predicted octanol–water partition coefficient (Wildman–Crippen LogP) is 9.55. The highest BCUT2D eigenvalue weighted by atomic mass is 31.2. The van der Waals surface area contributed by atoms with Gasteiger partial charge in [0.15, 0.2) is 6.10 Å². The molecule has 0 bridgehead atoms. The molecule has 57 heteroatoms. The average molecular weight is 1570 g/mol. The highest BCUT2D eigenvalue weighted by molar-refractivity contribution is 7.47. The molecule has 0 spiro atoms. The zero-order chi connectivity index (χ0) is 74.4. The number of rotatable bonds is 90. The van der Waals surface area contributed by atoms with Gasteiger partial charge in [-0.2, -0.15) is 4.89 Å². The Morgan fingerprint density at radius 1 is 0.330 bits per heavy atom. The van der Waals surface area contributed by atoms with E-state index in [9.17, 15) is 23.8 Å². The van der Waals surface area contributed by atoms with Gasteiger partial charge >= 0.3 is 25.9 Å². The second-order valence-corrected chi connectivity index (χ2v) is 20.5. The van der Waals surface area contributed by atoms with Crippen LogP contribution in [-0.4, -0.2) is 81.4 Å². The first-order valence-corrected chi connectivity index (χ1v) is 32.8. The molecule has 1 unspecified atom stereocenters. The summed E-state index contributed by atoms with van der Waals surface area (Å²) in [4.78, 5) is 56.3. The summed E-state index contributed by atoms with van der Waals surface area (Å²) in [7, 11) is -4.77. The lowest BCUT2D eigenvalue weighted by atomic mass is 10.0. The largest absolute Gasteiger partial charge is 0.472 e. The van der Waals surface area contributed by atoms with Crippen LogP contribution in [-0.2, 0) is 259 Å². The van der Waals surface area contributed by atoms with Gasteiger partial charge in [-0.25, -0.2) is 14.2 Å². The van der Waals surface area contributed by atoms with Crippen LogP contribution in [0.5, 0.6) is 0 Å². The number of unbranched alkanes of at least 4 members (excludes halogenated alkanes) is 28. The third-order valence-electron chi connectivity index (χ3n) is 11.5. The van der Waals surface area contributed by atoms with Crippen molar-refractivity contribution in [3.8, 4) is 0 Å². The van der Waals surface area contributed by atoms with Crippen molar-refractivity contribution in [2.45, 2.75) is 225 Å². The molecule has 0 heterocycles. The Morgan fingerprint density at radius 2 is 0.602 bits per heavy atom. The Morgan fingerprint density at radius 3 is 0.903 bits per heavy atom. The second kappa shape index (κ2) is 85.5. The van der Waals surface area contributed by atoms with Crippen LogP contribution in [0.4, 0.5) is 4.79 Å². The Labute approximate surface area is 582 Å². The molecular formula is C46H89N2O54P. The standard InChI is InChI=1S/C46H89N2O54P/c1-3-5-7-9-11-13-15-17-19-21-23-25-27-29-31-33-44(49)55-41-43(60-45(50)34-32-30-28-26-24-22-20-18-16-14-12-10-8-6-4-2)42-59-103(52,53)58-38-36-48-46(51)54-39-40-57-62-64-66-68-70-72-74-76-78-80-82-84-86-88-90-92-94-96-98-100-102-101-99-97-95-93-91-89-87-85-83-81-79-77-75-73-71-69-67-65-63-61-56-37-35-47/h35,43,47H,3-34,36-42H2,1-2H3,(H,48,51)(H,52,53)/t43-/m1/s1. The third-order valence-corrected chi connectivity index (χ3v) is 12.5. The van der Waals surface area contributed by atoms with Gasteiger partial charge in [0.1, 0.15) is 26.4 Å². The first kappa shape index (κ1) is 99.2. The van der Waals surface area contributed by atoms with Gasteiger partial charge < -0.3 is 29.8 Å². The Balaban J connectivity index is 3.90. The number of phosphoric ester groups is 1. The molecule has 0 rings (SSSR count). The molecule has 0 aliphatic heterocycles. The third kappa shape index (κ3) is 85.4. The summed E-state index contributed by atoms with van der Waals surface area (Å²) in [5, 5.41) is 160.